The van der Waals surface area contributed by atoms with Crippen LogP contribution in [0, 0.1) is 0 Å². The van der Waals surface area contributed by atoms with Crippen LogP contribution in [-0.4, -0.2) is 96.3 Å². The summed E-state index contributed by atoms with van der Waals surface area (Å²) in [6, 6.07) is 6.37. The molecule has 1 aromatic heterocycles. The van der Waals surface area contributed by atoms with Gasteiger partial charge in [0, 0.05) is 71.4 Å². The van der Waals surface area contributed by atoms with Crippen molar-refractivity contribution in [2.24, 2.45) is 0 Å². The van der Waals surface area contributed by atoms with E-state index >= 15 is 0 Å². The van der Waals surface area contributed by atoms with Crippen molar-refractivity contribution in [3.05, 3.63) is 24.5 Å². The number of piperidine rings is 1. The fourth-order valence-corrected chi connectivity index (χ4v) is 4.67. The number of aliphatic hydroxyl groups is 1. The zero-order valence-corrected chi connectivity index (χ0v) is 18.2. The van der Waals surface area contributed by atoms with E-state index in [4.69, 9.17) is 0 Å². The molecule has 2 fully saturated rings. The van der Waals surface area contributed by atoms with Crippen LogP contribution in [0.15, 0.2) is 24.5 Å². The molecular weight excluding hydrogens is 380 g/mol. The monoisotopic (exact) mass is 412 g/mol. The van der Waals surface area contributed by atoms with E-state index in [2.05, 4.69) is 38.0 Å². The van der Waals surface area contributed by atoms with Crippen LogP contribution in [0.3, 0.4) is 0 Å². The number of β-amino-alcohol motifs (C(OH)–C–C–N with tert-alkyl or cyclic N) is 1. The Balaban J connectivity index is 1.41. The zero-order valence-electron chi connectivity index (χ0n) is 18.2. The van der Waals surface area contributed by atoms with Crippen LogP contribution in [0.5, 0.6) is 0 Å². The first-order valence-corrected chi connectivity index (χ1v) is 10.7. The van der Waals surface area contributed by atoms with Crippen LogP contribution in [-0.2, 0) is 4.79 Å². The number of carbonyl (C=O) groups excluding carboxylic acids is 1. The van der Waals surface area contributed by atoms with Gasteiger partial charge in [-0.15, -0.1) is 0 Å². The van der Waals surface area contributed by atoms with Gasteiger partial charge in [-0.25, -0.2) is 9.97 Å². The van der Waals surface area contributed by atoms with Gasteiger partial charge in [-0.05, 0) is 31.0 Å². The second kappa shape index (κ2) is 8.35. The van der Waals surface area contributed by atoms with Crippen molar-refractivity contribution in [1.29, 1.82) is 0 Å². The third-order valence-electron chi connectivity index (χ3n) is 6.28. The minimum Gasteiger partial charge on any atom is -0.387 e. The summed E-state index contributed by atoms with van der Waals surface area (Å²) in [6.45, 7) is 7.01. The number of hydrogen-bond donors (Lipinski definition) is 1. The molecule has 1 N–H and O–H groups in total. The molecule has 162 valence electrons. The third kappa shape index (κ3) is 4.34. The molecular formula is C22H32N6O2. The summed E-state index contributed by atoms with van der Waals surface area (Å²) in [5.41, 5.74) is 1.33. The average Bonchev–Trinajstić information content (AvgIpc) is 2.73. The SMILES string of the molecule is CC(=O)N1CCCC(O)(CN2CCN(c3ccc4ncnc(N(C)C)c4c3)CC2)C1. The predicted octanol–water partition coefficient (Wildman–Crippen LogP) is 1.19. The van der Waals surface area contributed by atoms with E-state index in [-0.39, 0.29) is 5.91 Å². The van der Waals surface area contributed by atoms with Crippen LogP contribution < -0.4 is 9.80 Å². The van der Waals surface area contributed by atoms with Gasteiger partial charge in [0.05, 0.1) is 17.7 Å². The average molecular weight is 413 g/mol. The van der Waals surface area contributed by atoms with Crippen molar-refractivity contribution < 1.29 is 9.90 Å². The van der Waals surface area contributed by atoms with Crippen molar-refractivity contribution in [2.45, 2.75) is 25.4 Å². The quantitative estimate of drug-likeness (QED) is 0.808. The number of amides is 1. The van der Waals surface area contributed by atoms with Crippen molar-refractivity contribution in [3.8, 4) is 0 Å². The Bertz CT molecular complexity index is 912. The molecule has 0 spiro atoms. The Hall–Kier alpha value is -2.45. The summed E-state index contributed by atoms with van der Waals surface area (Å²) in [5.74, 6) is 0.977. The van der Waals surface area contributed by atoms with E-state index in [1.54, 1.807) is 18.2 Å². The van der Waals surface area contributed by atoms with E-state index in [9.17, 15) is 9.90 Å². The number of nitrogens with zero attached hydrogens (tertiary/aromatic N) is 6. The van der Waals surface area contributed by atoms with Crippen molar-refractivity contribution in [2.75, 3.05) is 69.7 Å². The highest BCUT2D eigenvalue weighted by atomic mass is 16.3. The molecule has 0 radical (unpaired) electrons. The molecule has 4 rings (SSSR count). The standard InChI is InChI=1S/C22H32N6O2/c1-17(29)28-8-4-7-22(30,15-28)14-26-9-11-27(12-10-26)18-5-6-20-19(13-18)21(25(2)3)24-16-23-20/h5-6,13,16,30H,4,7-12,14-15H2,1-3H3. The molecule has 1 unspecified atom stereocenters. The molecule has 30 heavy (non-hydrogen) atoms. The molecule has 1 atom stereocenters. The van der Waals surface area contributed by atoms with Gasteiger partial charge in [0.1, 0.15) is 12.1 Å². The van der Waals surface area contributed by atoms with Crippen molar-refractivity contribution in [3.63, 3.8) is 0 Å². The van der Waals surface area contributed by atoms with Crippen LogP contribution in [0.2, 0.25) is 0 Å². The van der Waals surface area contributed by atoms with Crippen LogP contribution in [0.25, 0.3) is 10.9 Å². The Kier molecular flexibility index (Phi) is 5.79. The fraction of sp³-hybridized carbons (Fsp3) is 0.591. The fourth-order valence-electron chi connectivity index (χ4n) is 4.67. The number of fused-ring (bicyclic) bond motifs is 1. The molecule has 1 aromatic carbocycles. The van der Waals surface area contributed by atoms with Crippen molar-refractivity contribution >= 4 is 28.3 Å². The number of piperazine rings is 1. The molecule has 8 nitrogen and oxygen atoms in total. The van der Waals surface area contributed by atoms with Crippen molar-refractivity contribution in [1.82, 2.24) is 19.8 Å². The molecule has 8 heteroatoms. The number of likely N-dealkylation sites (tertiary alicyclic amines) is 1. The summed E-state index contributed by atoms with van der Waals surface area (Å²) >= 11 is 0. The highest BCUT2D eigenvalue weighted by Crippen LogP contribution is 2.28. The highest BCUT2D eigenvalue weighted by Gasteiger charge is 2.36. The van der Waals surface area contributed by atoms with Gasteiger partial charge in [0.15, 0.2) is 0 Å². The first-order valence-electron chi connectivity index (χ1n) is 10.7. The molecule has 3 heterocycles. The lowest BCUT2D eigenvalue weighted by molar-refractivity contribution is -0.137. The Morgan fingerprint density at radius 3 is 2.63 bits per heavy atom. The van der Waals surface area contributed by atoms with Gasteiger partial charge >= 0.3 is 0 Å². The van der Waals surface area contributed by atoms with Gasteiger partial charge in [-0.1, -0.05) is 0 Å². The summed E-state index contributed by atoms with van der Waals surface area (Å²) < 4.78 is 0. The van der Waals surface area contributed by atoms with E-state index in [1.807, 2.05) is 19.0 Å². The third-order valence-corrected chi connectivity index (χ3v) is 6.28. The summed E-state index contributed by atoms with van der Waals surface area (Å²) in [7, 11) is 3.99. The summed E-state index contributed by atoms with van der Waals surface area (Å²) in [6.07, 6.45) is 3.23. The molecule has 0 bridgehead atoms. The van der Waals surface area contributed by atoms with E-state index in [0.29, 0.717) is 13.1 Å². The lowest BCUT2D eigenvalue weighted by atomic mass is 9.92. The van der Waals surface area contributed by atoms with Crippen LogP contribution in [0.1, 0.15) is 19.8 Å². The molecule has 1 amide bonds. The molecule has 0 saturated carbocycles. The zero-order chi connectivity index (χ0) is 21.3. The van der Waals surface area contributed by atoms with E-state index < -0.39 is 5.60 Å². The lowest BCUT2D eigenvalue weighted by Gasteiger charge is -2.44. The van der Waals surface area contributed by atoms with Gasteiger partial charge in [-0.3, -0.25) is 9.69 Å². The maximum Gasteiger partial charge on any atom is 0.219 e. The molecule has 2 aliphatic heterocycles. The lowest BCUT2D eigenvalue weighted by Crippen LogP contribution is -2.58. The molecule has 0 aliphatic carbocycles. The second-order valence-corrected chi connectivity index (χ2v) is 8.82. The summed E-state index contributed by atoms with van der Waals surface area (Å²) in [5, 5.41) is 12.1. The maximum atomic E-state index is 11.7. The number of aromatic nitrogens is 2. The van der Waals surface area contributed by atoms with Gasteiger partial charge < -0.3 is 19.8 Å². The van der Waals surface area contributed by atoms with Gasteiger partial charge in [0.25, 0.3) is 0 Å². The van der Waals surface area contributed by atoms with Gasteiger partial charge in [0.2, 0.25) is 5.91 Å². The maximum absolute atomic E-state index is 11.7. The predicted molar refractivity (Wildman–Crippen MR) is 119 cm³/mol. The number of anilines is 2. The van der Waals surface area contributed by atoms with Crippen LogP contribution >= 0.6 is 0 Å². The first kappa shape index (κ1) is 20.8. The number of benzene rings is 1. The Labute approximate surface area is 178 Å². The number of hydrogen-bond acceptors (Lipinski definition) is 7. The minimum absolute atomic E-state index is 0.0512. The summed E-state index contributed by atoms with van der Waals surface area (Å²) in [4.78, 5) is 29.0. The Morgan fingerprint density at radius 2 is 1.93 bits per heavy atom. The van der Waals surface area contributed by atoms with E-state index in [1.165, 1.54) is 5.69 Å². The highest BCUT2D eigenvalue weighted by molar-refractivity contribution is 5.91. The van der Waals surface area contributed by atoms with Crippen LogP contribution in [0.4, 0.5) is 11.5 Å². The molecule has 2 aliphatic rings. The second-order valence-electron chi connectivity index (χ2n) is 8.82. The first-order chi connectivity index (χ1) is 14.3. The number of rotatable bonds is 4. The molecule has 2 saturated heterocycles. The molecule has 2 aromatic rings. The number of carbonyl (C=O) groups is 1. The Morgan fingerprint density at radius 1 is 1.17 bits per heavy atom. The van der Waals surface area contributed by atoms with Gasteiger partial charge in [-0.2, -0.15) is 0 Å². The largest absolute Gasteiger partial charge is 0.387 e. The van der Waals surface area contributed by atoms with E-state index in [0.717, 1.165) is 62.3 Å². The smallest absolute Gasteiger partial charge is 0.219 e. The minimum atomic E-state index is -0.799. The normalized spacial score (nSPS) is 23.1. The topological polar surface area (TPSA) is 76.0 Å².